The van der Waals surface area contributed by atoms with Crippen LogP contribution in [0.25, 0.3) is 11.1 Å². The molecule has 42 heavy (non-hydrogen) atoms. The minimum Gasteiger partial charge on any atom is -0.488 e. The van der Waals surface area contributed by atoms with E-state index in [9.17, 15) is 36.2 Å². The number of benzene rings is 2. The fourth-order valence-corrected chi connectivity index (χ4v) is 5.86. The molecule has 0 fully saturated rings. The van der Waals surface area contributed by atoms with Gasteiger partial charge in [-0.2, -0.15) is 13.2 Å². The molecule has 0 saturated heterocycles. The van der Waals surface area contributed by atoms with Crippen LogP contribution in [-0.2, 0) is 0 Å². The largest absolute Gasteiger partial charge is 0.573 e. The summed E-state index contributed by atoms with van der Waals surface area (Å²) in [6, 6.07) is 16.5. The summed E-state index contributed by atoms with van der Waals surface area (Å²) >= 11 is 8.06. The minimum atomic E-state index is -4.87. The van der Waals surface area contributed by atoms with Crippen molar-refractivity contribution in [2.24, 2.45) is 0 Å². The molecule has 1 aliphatic rings. The Labute approximate surface area is 249 Å². The standard InChI is InChI=1S/C22H17F6NO3S.C6H5ClOS/c23-21(24,25)19(30)11-29-16-7-2-6-15(13-4-1-5-14(10-13)32-22(26,27)28)20(16)31-12-17(29)18-8-3-9-33-18;7-4-5(8)6-2-1-3-9-6/h1-10,17,19,30H,11-12H2;1-3H,4H2. The lowest BCUT2D eigenvalue weighted by Gasteiger charge is -2.40. The highest BCUT2D eigenvalue weighted by Gasteiger charge is 2.42. The first kappa shape index (κ1) is 31.7. The van der Waals surface area contributed by atoms with E-state index in [2.05, 4.69) is 4.74 Å². The summed E-state index contributed by atoms with van der Waals surface area (Å²) in [5, 5.41) is 13.4. The van der Waals surface area contributed by atoms with E-state index < -0.39 is 37.0 Å². The van der Waals surface area contributed by atoms with E-state index >= 15 is 0 Å². The first-order valence-electron chi connectivity index (χ1n) is 12.2. The zero-order valence-corrected chi connectivity index (χ0v) is 23.8. The lowest BCUT2D eigenvalue weighted by atomic mass is 10.0. The Bertz CT molecular complexity index is 1460. The molecule has 0 aliphatic carbocycles. The predicted octanol–water partition coefficient (Wildman–Crippen LogP) is 8.35. The highest BCUT2D eigenvalue weighted by atomic mass is 35.5. The number of thiophene rings is 2. The number of carbonyl (C=O) groups excluding carboxylic acids is 1. The second-order valence-electron chi connectivity index (χ2n) is 8.82. The predicted molar refractivity (Wildman–Crippen MR) is 150 cm³/mol. The maximum Gasteiger partial charge on any atom is 0.573 e. The first-order valence-corrected chi connectivity index (χ1v) is 14.5. The van der Waals surface area contributed by atoms with Crippen LogP contribution in [-0.4, -0.2) is 48.6 Å². The molecule has 0 bridgehead atoms. The van der Waals surface area contributed by atoms with Crippen molar-refractivity contribution in [1.29, 1.82) is 0 Å². The lowest BCUT2D eigenvalue weighted by molar-refractivity contribution is -0.274. The van der Waals surface area contributed by atoms with Crippen LogP contribution in [0.5, 0.6) is 11.5 Å². The van der Waals surface area contributed by atoms with Crippen molar-refractivity contribution in [3.8, 4) is 22.6 Å². The van der Waals surface area contributed by atoms with Gasteiger partial charge in [-0.05, 0) is 46.7 Å². The number of alkyl halides is 7. The van der Waals surface area contributed by atoms with Gasteiger partial charge < -0.3 is 19.5 Å². The summed E-state index contributed by atoms with van der Waals surface area (Å²) in [5.74, 6) is -0.134. The number of hydrogen-bond donors (Lipinski definition) is 1. The van der Waals surface area contributed by atoms with E-state index in [-0.39, 0.29) is 24.0 Å². The van der Waals surface area contributed by atoms with Crippen molar-refractivity contribution in [2.75, 3.05) is 23.9 Å². The van der Waals surface area contributed by atoms with Gasteiger partial charge in [0.25, 0.3) is 0 Å². The molecule has 5 nitrogen and oxygen atoms in total. The molecule has 2 aromatic carbocycles. The van der Waals surface area contributed by atoms with Crippen LogP contribution in [0, 0.1) is 0 Å². The molecule has 2 aromatic heterocycles. The minimum absolute atomic E-state index is 0.00611. The molecule has 1 N–H and O–H groups in total. The summed E-state index contributed by atoms with van der Waals surface area (Å²) < 4.78 is 87.3. The third-order valence-corrected chi connectivity index (χ3v) is 8.11. The van der Waals surface area contributed by atoms with Crippen molar-refractivity contribution < 1.29 is 45.7 Å². The lowest BCUT2D eigenvalue weighted by Crippen LogP contribution is -2.45. The van der Waals surface area contributed by atoms with E-state index in [1.807, 2.05) is 11.4 Å². The molecule has 1 aliphatic heterocycles. The summed E-state index contributed by atoms with van der Waals surface area (Å²) in [6.07, 6.45) is -12.3. The fourth-order valence-electron chi connectivity index (χ4n) is 4.15. The Morgan fingerprint density at radius 3 is 2.36 bits per heavy atom. The number of aliphatic hydroxyl groups excluding tert-OH is 1. The Kier molecular flexibility index (Phi) is 10.1. The highest BCUT2D eigenvalue weighted by Crippen LogP contribution is 2.46. The van der Waals surface area contributed by atoms with Crippen LogP contribution >= 0.6 is 34.3 Å². The number of anilines is 1. The molecule has 2 atom stereocenters. The molecule has 0 saturated carbocycles. The molecule has 4 aromatic rings. The fraction of sp³-hybridized carbons (Fsp3) is 0.250. The first-order chi connectivity index (χ1) is 19.9. The third-order valence-electron chi connectivity index (χ3n) is 5.98. The maximum atomic E-state index is 13.2. The number of ether oxygens (including phenoxy) is 2. The molecule has 14 heteroatoms. The number of nitrogens with zero attached hydrogens (tertiary/aromatic N) is 1. The number of aliphatic hydroxyl groups is 1. The number of hydrogen-bond acceptors (Lipinski definition) is 7. The third kappa shape index (κ3) is 7.97. The monoisotopic (exact) mass is 649 g/mol. The van der Waals surface area contributed by atoms with Crippen molar-refractivity contribution in [1.82, 2.24) is 0 Å². The van der Waals surface area contributed by atoms with Crippen molar-refractivity contribution >= 4 is 45.7 Å². The molecular weight excluding hydrogens is 628 g/mol. The Morgan fingerprint density at radius 1 is 1.02 bits per heavy atom. The molecule has 5 rings (SSSR count). The van der Waals surface area contributed by atoms with E-state index in [4.69, 9.17) is 16.3 Å². The molecule has 0 amide bonds. The van der Waals surface area contributed by atoms with Gasteiger partial charge in [-0.1, -0.05) is 36.4 Å². The number of halogens is 7. The SMILES string of the molecule is O=C(CCl)c1cccs1.OC(CN1c2cccc(-c3cccc(OC(F)(F)F)c3)c2OCC1c1cccs1)C(F)(F)F. The van der Waals surface area contributed by atoms with Crippen molar-refractivity contribution in [3.63, 3.8) is 0 Å². The van der Waals surface area contributed by atoms with Crippen molar-refractivity contribution in [3.05, 3.63) is 87.2 Å². The Hall–Kier alpha value is -3.26. The average Bonchev–Trinajstić information content (AvgIpc) is 3.67. The number of para-hydroxylation sites is 1. The van der Waals surface area contributed by atoms with Gasteiger partial charge in [0.2, 0.25) is 0 Å². The van der Waals surface area contributed by atoms with Gasteiger partial charge in [-0.25, -0.2) is 0 Å². The average molecular weight is 650 g/mol. The van der Waals surface area contributed by atoms with E-state index in [1.54, 1.807) is 47.8 Å². The zero-order valence-electron chi connectivity index (χ0n) is 21.4. The van der Waals surface area contributed by atoms with Gasteiger partial charge in [0, 0.05) is 10.4 Å². The van der Waals surface area contributed by atoms with Gasteiger partial charge in [0.05, 0.1) is 29.0 Å². The second-order valence-corrected chi connectivity index (χ2v) is 11.0. The van der Waals surface area contributed by atoms with Crippen molar-refractivity contribution in [2.45, 2.75) is 24.7 Å². The van der Waals surface area contributed by atoms with E-state index in [0.29, 0.717) is 16.8 Å². The Morgan fingerprint density at radius 2 is 1.74 bits per heavy atom. The number of β-amino-alcohol motifs (C(OH)–C–C–N with tert-alkyl or cyclic N) is 1. The molecule has 0 spiro atoms. The summed E-state index contributed by atoms with van der Waals surface area (Å²) in [5.41, 5.74) is 1.01. The van der Waals surface area contributed by atoms with Gasteiger partial charge >= 0.3 is 12.5 Å². The van der Waals surface area contributed by atoms with Gasteiger partial charge in [0.15, 0.2) is 17.6 Å². The van der Waals surface area contributed by atoms with Crippen LogP contribution in [0.15, 0.2) is 77.5 Å². The Balaban J connectivity index is 0.000000385. The van der Waals surface area contributed by atoms with Crippen LogP contribution in [0.2, 0.25) is 0 Å². The van der Waals surface area contributed by atoms with Crippen LogP contribution in [0.1, 0.15) is 20.6 Å². The molecule has 224 valence electrons. The van der Waals surface area contributed by atoms with Gasteiger partial charge in [-0.15, -0.1) is 47.4 Å². The number of Topliss-reactive ketones (excluding diaryl/α,β-unsaturated/α-hetero) is 1. The van der Waals surface area contributed by atoms with E-state index in [0.717, 1.165) is 15.8 Å². The number of ketones is 1. The summed E-state index contributed by atoms with van der Waals surface area (Å²) in [7, 11) is 0. The summed E-state index contributed by atoms with van der Waals surface area (Å²) in [6.45, 7) is -0.739. The quantitative estimate of drug-likeness (QED) is 0.124. The maximum absolute atomic E-state index is 13.2. The smallest absolute Gasteiger partial charge is 0.488 e. The number of fused-ring (bicyclic) bond motifs is 1. The molecule has 3 heterocycles. The topological polar surface area (TPSA) is 59.0 Å². The van der Waals surface area contributed by atoms with Crippen LogP contribution < -0.4 is 14.4 Å². The number of carbonyl (C=O) groups is 1. The molecule has 0 radical (unpaired) electrons. The summed E-state index contributed by atoms with van der Waals surface area (Å²) in [4.78, 5) is 13.7. The van der Waals surface area contributed by atoms with Gasteiger partial charge in [-0.3, -0.25) is 4.79 Å². The number of rotatable bonds is 7. The normalized spacial score (nSPS) is 15.6. The highest BCUT2D eigenvalue weighted by molar-refractivity contribution is 7.12. The van der Waals surface area contributed by atoms with Crippen LogP contribution in [0.3, 0.4) is 0 Å². The van der Waals surface area contributed by atoms with Gasteiger partial charge in [0.1, 0.15) is 12.4 Å². The zero-order chi connectivity index (χ0) is 30.5. The van der Waals surface area contributed by atoms with E-state index in [1.165, 1.54) is 39.7 Å². The van der Waals surface area contributed by atoms with Crippen LogP contribution in [0.4, 0.5) is 32.0 Å². The second kappa shape index (κ2) is 13.4. The molecular formula is C28H22ClF6NO4S2. The molecule has 2 unspecified atom stereocenters.